The van der Waals surface area contributed by atoms with E-state index in [1.165, 1.54) is 12.1 Å². The quantitative estimate of drug-likeness (QED) is 0.328. The number of phenols is 2. The van der Waals surface area contributed by atoms with Crippen molar-refractivity contribution in [1.82, 2.24) is 9.99 Å². The maximum atomic E-state index is 12.2. The molecular formula is C23H18ClN3O3. The summed E-state index contributed by atoms with van der Waals surface area (Å²) >= 11 is 6.10. The molecule has 7 heteroatoms. The maximum absolute atomic E-state index is 12.2. The number of hydrazone groups is 1. The number of carbonyl (C=O) groups is 1. The molecule has 0 aliphatic heterocycles. The lowest BCUT2D eigenvalue weighted by molar-refractivity contribution is 0.0954. The summed E-state index contributed by atoms with van der Waals surface area (Å²) in [6.45, 7) is 0.643. The summed E-state index contributed by atoms with van der Waals surface area (Å²) in [6.07, 6.45) is 3.53. The average Bonchev–Trinajstić information content (AvgIpc) is 3.05. The second-order valence-electron chi connectivity index (χ2n) is 6.80. The minimum absolute atomic E-state index is 0.105. The van der Waals surface area contributed by atoms with Gasteiger partial charge in [-0.25, -0.2) is 5.43 Å². The van der Waals surface area contributed by atoms with Crippen LogP contribution in [0.15, 0.2) is 78.0 Å². The molecule has 0 radical (unpaired) electrons. The van der Waals surface area contributed by atoms with E-state index in [-0.39, 0.29) is 17.1 Å². The van der Waals surface area contributed by atoms with E-state index in [2.05, 4.69) is 15.1 Å². The molecule has 0 fully saturated rings. The number of hydrogen-bond donors (Lipinski definition) is 3. The number of rotatable bonds is 5. The second kappa shape index (κ2) is 8.31. The van der Waals surface area contributed by atoms with Crippen LogP contribution in [0.25, 0.3) is 10.9 Å². The molecule has 150 valence electrons. The van der Waals surface area contributed by atoms with Crippen molar-refractivity contribution in [3.05, 3.63) is 94.6 Å². The predicted molar refractivity (Wildman–Crippen MR) is 117 cm³/mol. The van der Waals surface area contributed by atoms with Crippen LogP contribution in [-0.4, -0.2) is 26.9 Å². The minimum atomic E-state index is -0.542. The molecule has 1 heterocycles. The molecule has 0 saturated carbocycles. The van der Waals surface area contributed by atoms with Crippen LogP contribution < -0.4 is 5.43 Å². The van der Waals surface area contributed by atoms with Crippen LogP contribution in [0, 0.1) is 0 Å². The van der Waals surface area contributed by atoms with E-state index in [1.807, 2.05) is 54.7 Å². The van der Waals surface area contributed by atoms with Gasteiger partial charge in [0, 0.05) is 45.9 Å². The molecule has 0 atom stereocenters. The zero-order chi connectivity index (χ0) is 21.1. The third-order valence-corrected chi connectivity index (χ3v) is 4.83. The average molecular weight is 420 g/mol. The van der Waals surface area contributed by atoms with E-state index in [0.29, 0.717) is 11.6 Å². The Morgan fingerprint density at radius 1 is 1.03 bits per heavy atom. The van der Waals surface area contributed by atoms with Crippen LogP contribution in [0.4, 0.5) is 0 Å². The van der Waals surface area contributed by atoms with Crippen molar-refractivity contribution >= 4 is 34.6 Å². The van der Waals surface area contributed by atoms with Crippen LogP contribution in [-0.2, 0) is 6.54 Å². The molecule has 0 spiro atoms. The van der Waals surface area contributed by atoms with Crippen molar-refractivity contribution in [2.75, 3.05) is 0 Å². The van der Waals surface area contributed by atoms with Gasteiger partial charge in [-0.05, 0) is 35.9 Å². The van der Waals surface area contributed by atoms with Gasteiger partial charge in [0.25, 0.3) is 5.91 Å². The molecule has 0 aliphatic rings. The van der Waals surface area contributed by atoms with Crippen molar-refractivity contribution < 1.29 is 15.0 Å². The predicted octanol–water partition coefficient (Wildman–Crippen LogP) is 4.52. The van der Waals surface area contributed by atoms with Crippen LogP contribution >= 0.6 is 11.6 Å². The number of amides is 1. The van der Waals surface area contributed by atoms with Crippen LogP contribution in [0.5, 0.6) is 11.5 Å². The van der Waals surface area contributed by atoms with Gasteiger partial charge < -0.3 is 14.8 Å². The maximum Gasteiger partial charge on any atom is 0.271 e. The highest BCUT2D eigenvalue weighted by Gasteiger charge is 2.09. The van der Waals surface area contributed by atoms with Gasteiger partial charge in [-0.15, -0.1) is 0 Å². The lowest BCUT2D eigenvalue weighted by Gasteiger charge is -2.05. The molecule has 30 heavy (non-hydrogen) atoms. The Hall–Kier alpha value is -3.77. The summed E-state index contributed by atoms with van der Waals surface area (Å²) in [5.41, 5.74) is 5.46. The number of carbonyl (C=O) groups excluding carboxylic acids is 1. The van der Waals surface area contributed by atoms with Gasteiger partial charge in [0.2, 0.25) is 0 Å². The number of phenolic OH excluding ortho intramolecular Hbond substituents is 2. The highest BCUT2D eigenvalue weighted by atomic mass is 35.5. The summed E-state index contributed by atoms with van der Waals surface area (Å²) in [7, 11) is 0. The van der Waals surface area contributed by atoms with Gasteiger partial charge in [0.05, 0.1) is 6.21 Å². The van der Waals surface area contributed by atoms with Crippen LogP contribution in [0.3, 0.4) is 0 Å². The number of aromatic nitrogens is 1. The van der Waals surface area contributed by atoms with Crippen molar-refractivity contribution in [2.24, 2.45) is 5.10 Å². The molecule has 3 N–H and O–H groups in total. The van der Waals surface area contributed by atoms with E-state index in [4.69, 9.17) is 11.6 Å². The van der Waals surface area contributed by atoms with Gasteiger partial charge in [-0.2, -0.15) is 5.10 Å². The molecule has 0 saturated heterocycles. The molecule has 6 nitrogen and oxygen atoms in total. The minimum Gasteiger partial charge on any atom is -0.508 e. The number of hydrogen-bond acceptors (Lipinski definition) is 4. The van der Waals surface area contributed by atoms with Crippen LogP contribution in [0.2, 0.25) is 5.02 Å². The topological polar surface area (TPSA) is 86.9 Å². The Balaban J connectivity index is 1.57. The summed E-state index contributed by atoms with van der Waals surface area (Å²) in [5.74, 6) is -0.943. The molecular weight excluding hydrogens is 402 g/mol. The van der Waals surface area contributed by atoms with Gasteiger partial charge >= 0.3 is 0 Å². The number of para-hydroxylation sites is 1. The second-order valence-corrected chi connectivity index (χ2v) is 7.23. The highest BCUT2D eigenvalue weighted by molar-refractivity contribution is 6.30. The zero-order valence-corrected chi connectivity index (χ0v) is 16.5. The van der Waals surface area contributed by atoms with Gasteiger partial charge in [-0.1, -0.05) is 41.9 Å². The third-order valence-electron chi connectivity index (χ3n) is 4.60. The summed E-state index contributed by atoms with van der Waals surface area (Å²) in [4.78, 5) is 12.2. The molecule has 1 amide bonds. The largest absolute Gasteiger partial charge is 0.508 e. The Morgan fingerprint density at radius 2 is 1.80 bits per heavy atom. The summed E-state index contributed by atoms with van der Waals surface area (Å²) in [5, 5.41) is 24.8. The highest BCUT2D eigenvalue weighted by Crippen LogP contribution is 2.22. The fraction of sp³-hybridized carbons (Fsp3) is 0.0435. The third kappa shape index (κ3) is 4.29. The zero-order valence-electron chi connectivity index (χ0n) is 15.8. The van der Waals surface area contributed by atoms with Gasteiger partial charge in [0.15, 0.2) is 0 Å². The Bertz CT molecular complexity index is 1240. The van der Waals surface area contributed by atoms with Crippen LogP contribution in [0.1, 0.15) is 21.5 Å². The van der Waals surface area contributed by atoms with E-state index in [1.54, 1.807) is 6.21 Å². The number of nitrogens with zero attached hydrogens (tertiary/aromatic N) is 2. The lowest BCUT2D eigenvalue weighted by Crippen LogP contribution is -2.17. The number of fused-ring (bicyclic) bond motifs is 1. The van der Waals surface area contributed by atoms with E-state index >= 15 is 0 Å². The van der Waals surface area contributed by atoms with Crippen molar-refractivity contribution in [1.29, 1.82) is 0 Å². The fourth-order valence-corrected chi connectivity index (χ4v) is 3.51. The first-order valence-corrected chi connectivity index (χ1v) is 9.56. The standard InChI is InChI=1S/C23H18ClN3O3/c24-18-5-3-4-15(8-18)13-27-14-17(21-6-1-2-7-22(21)27)12-25-26-23(30)16-9-19(28)11-20(29)10-16/h1-12,14,28-29H,13H2,(H,26,30)/b25-12+. The molecule has 1 aromatic heterocycles. The molecule has 4 aromatic rings. The molecule has 0 unspecified atom stereocenters. The van der Waals surface area contributed by atoms with E-state index in [9.17, 15) is 15.0 Å². The van der Waals surface area contributed by atoms with E-state index in [0.717, 1.165) is 28.1 Å². The number of benzene rings is 3. The fourth-order valence-electron chi connectivity index (χ4n) is 3.29. The van der Waals surface area contributed by atoms with Crippen molar-refractivity contribution in [2.45, 2.75) is 6.54 Å². The number of halogens is 1. The van der Waals surface area contributed by atoms with Gasteiger partial charge in [-0.3, -0.25) is 4.79 Å². The Kier molecular flexibility index (Phi) is 5.41. The van der Waals surface area contributed by atoms with Crippen molar-refractivity contribution in [3.8, 4) is 11.5 Å². The first-order chi connectivity index (χ1) is 14.5. The molecule has 0 aliphatic carbocycles. The smallest absolute Gasteiger partial charge is 0.271 e. The monoisotopic (exact) mass is 419 g/mol. The summed E-state index contributed by atoms with van der Waals surface area (Å²) < 4.78 is 2.09. The normalized spacial score (nSPS) is 11.2. The Labute approximate surface area is 177 Å². The Morgan fingerprint density at radius 3 is 2.57 bits per heavy atom. The van der Waals surface area contributed by atoms with E-state index < -0.39 is 5.91 Å². The molecule has 3 aromatic carbocycles. The molecule has 0 bridgehead atoms. The molecule has 4 rings (SSSR count). The lowest BCUT2D eigenvalue weighted by atomic mass is 10.2. The number of aromatic hydroxyl groups is 2. The van der Waals surface area contributed by atoms with Gasteiger partial charge in [0.1, 0.15) is 11.5 Å². The summed E-state index contributed by atoms with van der Waals surface area (Å²) in [6, 6.07) is 19.3. The first kappa shape index (κ1) is 19.5. The first-order valence-electron chi connectivity index (χ1n) is 9.18. The van der Waals surface area contributed by atoms with Crippen molar-refractivity contribution in [3.63, 3.8) is 0 Å². The SMILES string of the molecule is O=C(N/N=C/c1cn(Cc2cccc(Cl)c2)c2ccccc12)c1cc(O)cc(O)c1. The number of nitrogens with one attached hydrogen (secondary N) is 1.